The molecule has 90 valence electrons. The Hall–Kier alpha value is -0.160. The molecule has 0 aromatic carbocycles. The number of hydrogen-bond acceptors (Lipinski definition) is 4. The minimum Gasteiger partial charge on any atom is -0.394 e. The van der Waals surface area contributed by atoms with Crippen molar-refractivity contribution in [3.05, 3.63) is 0 Å². The molecule has 4 nitrogen and oxygen atoms in total. The van der Waals surface area contributed by atoms with Crippen molar-refractivity contribution in [2.45, 2.75) is 25.3 Å². The second-order valence-electron chi connectivity index (χ2n) is 4.09. The fraction of sp³-hybridized carbons (Fsp3) is 1.00. The first kappa shape index (κ1) is 12.9. The van der Waals surface area contributed by atoms with E-state index >= 15 is 0 Å². The minimum atomic E-state index is -0.230. The molecule has 0 aliphatic heterocycles. The smallest absolute Gasteiger partial charge is 0.0701 e. The first-order chi connectivity index (χ1) is 7.29. The summed E-state index contributed by atoms with van der Waals surface area (Å²) < 4.78 is 10.7. The zero-order valence-corrected chi connectivity index (χ0v) is 9.79. The number of aliphatic hydroxyl groups excluding tert-OH is 1. The van der Waals surface area contributed by atoms with E-state index in [1.54, 1.807) is 0 Å². The number of aliphatic hydroxyl groups is 1. The van der Waals surface area contributed by atoms with E-state index in [1.165, 1.54) is 12.8 Å². The van der Waals surface area contributed by atoms with Crippen LogP contribution < -0.4 is 5.32 Å². The number of nitrogens with one attached hydrogen (secondary N) is 1. The molecule has 4 heteroatoms. The zero-order chi connectivity index (χ0) is 11.1. The van der Waals surface area contributed by atoms with Gasteiger partial charge in [0, 0.05) is 6.61 Å². The van der Waals surface area contributed by atoms with Crippen LogP contribution in [-0.2, 0) is 9.47 Å². The molecule has 1 aliphatic rings. The Bertz CT molecular complexity index is 167. The van der Waals surface area contributed by atoms with E-state index in [4.69, 9.17) is 9.47 Å². The van der Waals surface area contributed by atoms with Crippen LogP contribution in [-0.4, -0.2) is 50.7 Å². The van der Waals surface area contributed by atoms with Gasteiger partial charge in [-0.3, -0.25) is 0 Å². The standard InChI is InChI=1S/C11H23NO3/c1-3-14-6-7-15-9-11(8-13,12-2)10-4-5-10/h10,12-13H,3-9H2,1-2H3. The lowest BCUT2D eigenvalue weighted by Crippen LogP contribution is -2.52. The summed E-state index contributed by atoms with van der Waals surface area (Å²) in [5.41, 5.74) is -0.230. The first-order valence-corrected chi connectivity index (χ1v) is 5.74. The van der Waals surface area contributed by atoms with Gasteiger partial charge in [0.15, 0.2) is 0 Å². The third-order valence-corrected chi connectivity index (χ3v) is 3.07. The van der Waals surface area contributed by atoms with E-state index in [2.05, 4.69) is 5.32 Å². The molecule has 0 saturated heterocycles. The molecule has 0 radical (unpaired) electrons. The van der Waals surface area contributed by atoms with Crippen molar-refractivity contribution in [1.82, 2.24) is 5.32 Å². The Kier molecular flexibility index (Phi) is 5.53. The summed E-state index contributed by atoms with van der Waals surface area (Å²) in [6, 6.07) is 0. The van der Waals surface area contributed by atoms with Gasteiger partial charge in [0.25, 0.3) is 0 Å². The van der Waals surface area contributed by atoms with E-state index in [1.807, 2.05) is 14.0 Å². The number of likely N-dealkylation sites (N-methyl/N-ethyl adjacent to an activating group) is 1. The predicted molar refractivity (Wildman–Crippen MR) is 58.9 cm³/mol. The van der Waals surface area contributed by atoms with Gasteiger partial charge in [-0.15, -0.1) is 0 Å². The summed E-state index contributed by atoms with van der Waals surface area (Å²) in [5, 5.41) is 12.6. The van der Waals surface area contributed by atoms with Crippen molar-refractivity contribution in [1.29, 1.82) is 0 Å². The topological polar surface area (TPSA) is 50.7 Å². The van der Waals surface area contributed by atoms with E-state index in [-0.39, 0.29) is 12.1 Å². The summed E-state index contributed by atoms with van der Waals surface area (Å²) in [7, 11) is 1.89. The number of rotatable bonds is 9. The summed E-state index contributed by atoms with van der Waals surface area (Å²) in [4.78, 5) is 0. The van der Waals surface area contributed by atoms with E-state index < -0.39 is 0 Å². The van der Waals surface area contributed by atoms with Crippen molar-refractivity contribution in [3.8, 4) is 0 Å². The van der Waals surface area contributed by atoms with Crippen LogP contribution in [0.2, 0.25) is 0 Å². The van der Waals surface area contributed by atoms with Gasteiger partial charge in [-0.2, -0.15) is 0 Å². The highest BCUT2D eigenvalue weighted by Crippen LogP contribution is 2.39. The van der Waals surface area contributed by atoms with Crippen molar-refractivity contribution < 1.29 is 14.6 Å². The van der Waals surface area contributed by atoms with Crippen LogP contribution in [0.25, 0.3) is 0 Å². The summed E-state index contributed by atoms with van der Waals surface area (Å²) in [5.74, 6) is 0.569. The molecule has 1 atom stereocenters. The van der Waals surface area contributed by atoms with Crippen LogP contribution in [0.1, 0.15) is 19.8 Å². The second-order valence-corrected chi connectivity index (χ2v) is 4.09. The van der Waals surface area contributed by atoms with Crippen molar-refractivity contribution in [2.75, 3.05) is 40.1 Å². The van der Waals surface area contributed by atoms with Crippen molar-refractivity contribution in [3.63, 3.8) is 0 Å². The van der Waals surface area contributed by atoms with Gasteiger partial charge in [0.05, 0.1) is 32.0 Å². The van der Waals surface area contributed by atoms with Gasteiger partial charge in [-0.25, -0.2) is 0 Å². The average molecular weight is 217 g/mol. The summed E-state index contributed by atoms with van der Waals surface area (Å²) in [6.45, 7) is 4.63. The molecule has 0 spiro atoms. The van der Waals surface area contributed by atoms with Gasteiger partial charge in [-0.05, 0) is 32.7 Å². The summed E-state index contributed by atoms with van der Waals surface area (Å²) in [6.07, 6.45) is 2.38. The maximum absolute atomic E-state index is 9.42. The van der Waals surface area contributed by atoms with E-state index in [0.29, 0.717) is 25.7 Å². The lowest BCUT2D eigenvalue weighted by molar-refractivity contribution is 0.000148. The molecule has 1 aliphatic carbocycles. The first-order valence-electron chi connectivity index (χ1n) is 5.74. The molecule has 0 amide bonds. The van der Waals surface area contributed by atoms with Gasteiger partial charge < -0.3 is 19.9 Å². The quantitative estimate of drug-likeness (QED) is 0.549. The maximum Gasteiger partial charge on any atom is 0.0701 e. The molecule has 15 heavy (non-hydrogen) atoms. The minimum absolute atomic E-state index is 0.142. The maximum atomic E-state index is 9.42. The fourth-order valence-electron chi connectivity index (χ4n) is 1.80. The van der Waals surface area contributed by atoms with E-state index in [0.717, 1.165) is 6.61 Å². The third-order valence-electron chi connectivity index (χ3n) is 3.07. The zero-order valence-electron chi connectivity index (χ0n) is 9.79. The molecule has 1 saturated carbocycles. The Balaban J connectivity index is 2.19. The lowest BCUT2D eigenvalue weighted by Gasteiger charge is -2.31. The normalized spacial score (nSPS) is 20.2. The second kappa shape index (κ2) is 6.43. The van der Waals surface area contributed by atoms with Gasteiger partial charge in [-0.1, -0.05) is 0 Å². The largest absolute Gasteiger partial charge is 0.394 e. The molecule has 1 rings (SSSR count). The van der Waals surface area contributed by atoms with Crippen molar-refractivity contribution in [2.24, 2.45) is 5.92 Å². The lowest BCUT2D eigenvalue weighted by atomic mass is 9.96. The number of ether oxygens (including phenoxy) is 2. The highest BCUT2D eigenvalue weighted by Gasteiger charge is 2.43. The molecule has 1 fully saturated rings. The number of hydrogen-bond donors (Lipinski definition) is 2. The Morgan fingerprint density at radius 2 is 2.00 bits per heavy atom. The molecule has 0 heterocycles. The molecule has 1 unspecified atom stereocenters. The Morgan fingerprint density at radius 3 is 2.47 bits per heavy atom. The Morgan fingerprint density at radius 1 is 1.33 bits per heavy atom. The van der Waals surface area contributed by atoms with Crippen LogP contribution in [0.3, 0.4) is 0 Å². The molecule has 0 aromatic rings. The van der Waals surface area contributed by atoms with Gasteiger partial charge in [0.1, 0.15) is 0 Å². The monoisotopic (exact) mass is 217 g/mol. The predicted octanol–water partition coefficient (Wildman–Crippen LogP) is 0.400. The third kappa shape index (κ3) is 3.72. The molecular weight excluding hydrogens is 194 g/mol. The van der Waals surface area contributed by atoms with Crippen molar-refractivity contribution >= 4 is 0 Å². The highest BCUT2D eigenvalue weighted by molar-refractivity contribution is 5.00. The SMILES string of the molecule is CCOCCOCC(CO)(NC)C1CC1. The molecule has 2 N–H and O–H groups in total. The van der Waals surface area contributed by atoms with Crippen LogP contribution in [0, 0.1) is 5.92 Å². The molecule has 0 bridgehead atoms. The molecular formula is C11H23NO3. The van der Waals surface area contributed by atoms with Crippen LogP contribution >= 0.6 is 0 Å². The molecule has 0 aromatic heterocycles. The van der Waals surface area contributed by atoms with Crippen LogP contribution in [0.5, 0.6) is 0 Å². The van der Waals surface area contributed by atoms with E-state index in [9.17, 15) is 5.11 Å². The highest BCUT2D eigenvalue weighted by atomic mass is 16.5. The van der Waals surface area contributed by atoms with Gasteiger partial charge in [0.2, 0.25) is 0 Å². The van der Waals surface area contributed by atoms with Gasteiger partial charge >= 0.3 is 0 Å². The fourth-order valence-corrected chi connectivity index (χ4v) is 1.80. The van der Waals surface area contributed by atoms with Crippen LogP contribution in [0.4, 0.5) is 0 Å². The summed E-state index contributed by atoms with van der Waals surface area (Å²) >= 11 is 0. The average Bonchev–Trinajstić information content (AvgIpc) is 3.08. The Labute approximate surface area is 92.0 Å². The van der Waals surface area contributed by atoms with Crippen LogP contribution in [0.15, 0.2) is 0 Å².